The van der Waals surface area contributed by atoms with Crippen molar-refractivity contribution < 1.29 is 76.8 Å². The number of hydrogen-bond donors (Lipinski definition) is 3. The molecule has 2 fully saturated rings. The number of halogens is 3. The van der Waals surface area contributed by atoms with Crippen molar-refractivity contribution in [1.82, 2.24) is 35.3 Å². The summed E-state index contributed by atoms with van der Waals surface area (Å²) in [4.78, 5) is 139. The largest absolute Gasteiger partial charge is 0.480 e. The van der Waals surface area contributed by atoms with Crippen LogP contribution >= 0.6 is 34.8 Å². The normalized spacial score (nSPS) is 17.2. The van der Waals surface area contributed by atoms with Crippen molar-refractivity contribution >= 4 is 88.6 Å². The minimum atomic E-state index is -2.15. The van der Waals surface area contributed by atoms with Gasteiger partial charge in [0.1, 0.15) is 56.7 Å². The van der Waals surface area contributed by atoms with E-state index in [2.05, 4.69) is 5.32 Å². The van der Waals surface area contributed by atoms with Crippen molar-refractivity contribution in [3.63, 3.8) is 0 Å². The maximum Gasteiger partial charge on any atom is 0.429 e. The van der Waals surface area contributed by atoms with Gasteiger partial charge in [0.25, 0.3) is 17.7 Å². The van der Waals surface area contributed by atoms with E-state index in [-0.39, 0.29) is 77.5 Å². The van der Waals surface area contributed by atoms with Gasteiger partial charge in [-0.3, -0.25) is 28.8 Å². The van der Waals surface area contributed by atoms with Crippen LogP contribution < -0.4 is 11.1 Å². The Kier molecular flexibility index (Phi) is 26.9. The predicted molar refractivity (Wildman–Crippen MR) is 330 cm³/mol. The number of hydrogen-bond acceptors (Lipinski definition) is 16. The van der Waals surface area contributed by atoms with Crippen molar-refractivity contribution in [1.29, 1.82) is 0 Å². The van der Waals surface area contributed by atoms with Crippen molar-refractivity contribution in [2.45, 2.75) is 152 Å². The molecule has 2 aliphatic rings. The summed E-state index contributed by atoms with van der Waals surface area (Å²) in [6.45, 7) is 7.49. The van der Waals surface area contributed by atoms with Gasteiger partial charge in [0, 0.05) is 20.1 Å². The first-order valence-corrected chi connectivity index (χ1v) is 30.6. The molecule has 0 aliphatic carbocycles. The van der Waals surface area contributed by atoms with E-state index < -0.39 is 119 Å². The van der Waals surface area contributed by atoms with E-state index in [9.17, 15) is 29.1 Å². The number of amides is 7. The Balaban J connectivity index is 1.41. The van der Waals surface area contributed by atoms with Crippen LogP contribution in [0.5, 0.6) is 0 Å². The number of hydroxylamine groups is 2. The average molecular weight is 1310 g/mol. The van der Waals surface area contributed by atoms with E-state index in [1.165, 1.54) is 20.9 Å². The Bertz CT molecular complexity index is 3040. The summed E-state index contributed by atoms with van der Waals surface area (Å²) >= 11 is 17.9. The first kappa shape index (κ1) is 71.3. The molecule has 4 aromatic carbocycles. The fourth-order valence-electron chi connectivity index (χ4n) is 10.1. The molecule has 488 valence electrons. The molecule has 0 saturated carbocycles. The molecule has 6 rings (SSSR count). The van der Waals surface area contributed by atoms with Crippen LogP contribution in [-0.4, -0.2) is 168 Å². The summed E-state index contributed by atoms with van der Waals surface area (Å²) in [6, 6.07) is 24.8. The van der Waals surface area contributed by atoms with Crippen LogP contribution in [-0.2, 0) is 83.7 Å². The number of ether oxygens (including phenoxy) is 5. The number of nitrogens with zero attached hydrogens (tertiary/aromatic N) is 6. The zero-order valence-electron chi connectivity index (χ0n) is 51.3. The molecule has 0 radical (unpaired) electrons. The molecular formula is C63H79Cl3N8O16. The number of nitrogens with one attached hydrogen (secondary N) is 1. The predicted octanol–water partition coefficient (Wildman–Crippen LogP) is 8.35. The standard InChI is InChI=1S/C63H79Cl3N8O16/c1-40(2)34-50(55(76)73-49(58(79)80)31-21-33-71(73)62(84)87-37-46-26-16-10-17-27-46)69(7)54(75)42(5)74(89-38-47-28-18-11-19-29-47)56(77)48-30-20-32-70(61(83)86-36-45-24-14-9-15-25-45)72(48)57(78)52(68-60(82)88-39-63(64,65)66)53(41(3)4)90-59(81)51(67)43(6)85-35-44-22-12-8-13-23-44/h8-19,22-29,40-43,48-53H,20-21,30-39,67H2,1-7H3,(H,68,82)(H,79,80)/t42-,43-,48+,49-,50+,51+,52-,53-/m0/s1. The molecule has 90 heavy (non-hydrogen) atoms. The van der Waals surface area contributed by atoms with Gasteiger partial charge >= 0.3 is 30.2 Å². The van der Waals surface area contributed by atoms with Crippen molar-refractivity contribution in [3.8, 4) is 0 Å². The molecule has 2 saturated heterocycles. The van der Waals surface area contributed by atoms with Gasteiger partial charge in [0.15, 0.2) is 12.1 Å². The van der Waals surface area contributed by atoms with Gasteiger partial charge < -0.3 is 44.7 Å². The molecule has 0 aromatic heterocycles. The Morgan fingerprint density at radius 2 is 1.10 bits per heavy atom. The van der Waals surface area contributed by atoms with Gasteiger partial charge in [-0.1, -0.05) is 184 Å². The fourth-order valence-corrected chi connectivity index (χ4v) is 10.2. The number of esters is 1. The molecule has 2 heterocycles. The molecule has 0 unspecified atom stereocenters. The maximum atomic E-state index is 16.0. The monoisotopic (exact) mass is 1310 g/mol. The number of carbonyl (C=O) groups is 9. The molecule has 27 heteroatoms. The highest BCUT2D eigenvalue weighted by atomic mass is 35.6. The average Bonchev–Trinajstić information content (AvgIpc) is 1.05. The lowest BCUT2D eigenvalue weighted by molar-refractivity contribution is -0.219. The number of carboxylic acid groups (broad SMARTS) is 1. The van der Waals surface area contributed by atoms with E-state index in [1.54, 1.807) is 131 Å². The van der Waals surface area contributed by atoms with E-state index in [1.807, 2.05) is 18.2 Å². The van der Waals surface area contributed by atoms with Crippen LogP contribution in [0, 0.1) is 11.8 Å². The van der Waals surface area contributed by atoms with Crippen LogP contribution in [0.4, 0.5) is 14.4 Å². The van der Waals surface area contributed by atoms with E-state index in [0.717, 1.165) is 30.5 Å². The minimum Gasteiger partial charge on any atom is -0.480 e. The number of alkyl carbamates (subject to hydrolysis) is 1. The van der Waals surface area contributed by atoms with Crippen LogP contribution in [0.25, 0.3) is 0 Å². The summed E-state index contributed by atoms with van der Waals surface area (Å²) in [5.41, 5.74) is 8.93. The van der Waals surface area contributed by atoms with Crippen LogP contribution in [0.3, 0.4) is 0 Å². The molecular weight excluding hydrogens is 1230 g/mol. The lowest BCUT2D eigenvalue weighted by Crippen LogP contribution is -2.68. The molecule has 0 bridgehead atoms. The van der Waals surface area contributed by atoms with Gasteiger partial charge in [-0.15, -0.1) is 0 Å². The number of carboxylic acids is 1. The summed E-state index contributed by atoms with van der Waals surface area (Å²) in [5, 5.41) is 17.0. The second-order valence-corrected chi connectivity index (χ2v) is 25.0. The molecule has 4 aromatic rings. The molecule has 7 amide bonds. The van der Waals surface area contributed by atoms with E-state index >= 15 is 19.2 Å². The SMILES string of the molecule is CC(C)C[C@H](C(=O)N1[C@H](C(=O)O)CCCN1C(=O)OCc1ccccc1)N(C)C(=O)[C@H](C)N(OCc1ccccc1)C(=O)[C@H]1CCCN(C(=O)OCc2ccccc2)N1C(=O)[C@@H](NC(=O)OCC(Cl)(Cl)Cl)[C@@H](OC(=O)[C@H](N)[C@H](C)OCc1ccccc1)C(C)C. The zero-order valence-corrected chi connectivity index (χ0v) is 53.5. The van der Waals surface area contributed by atoms with Crippen molar-refractivity contribution in [2.24, 2.45) is 17.6 Å². The molecule has 4 N–H and O–H groups in total. The third-order valence-electron chi connectivity index (χ3n) is 14.9. The Morgan fingerprint density at radius 3 is 1.56 bits per heavy atom. The molecule has 0 spiro atoms. The highest BCUT2D eigenvalue weighted by Gasteiger charge is 2.51. The highest BCUT2D eigenvalue weighted by Crippen LogP contribution is 2.31. The minimum absolute atomic E-state index is 0.0207. The van der Waals surface area contributed by atoms with Crippen molar-refractivity contribution in [2.75, 3.05) is 26.7 Å². The summed E-state index contributed by atoms with van der Waals surface area (Å²) in [7, 11) is 1.29. The van der Waals surface area contributed by atoms with Crippen LogP contribution in [0.15, 0.2) is 121 Å². The highest BCUT2D eigenvalue weighted by molar-refractivity contribution is 6.67. The molecule has 2 aliphatic heterocycles. The van der Waals surface area contributed by atoms with Crippen LogP contribution in [0.1, 0.15) is 95.9 Å². The Morgan fingerprint density at radius 1 is 0.644 bits per heavy atom. The summed E-state index contributed by atoms with van der Waals surface area (Å²) in [6.07, 6.45) is -6.29. The second-order valence-electron chi connectivity index (χ2n) is 22.5. The number of aliphatic carboxylic acids is 1. The lowest BCUT2D eigenvalue weighted by Gasteiger charge is -2.46. The smallest absolute Gasteiger partial charge is 0.429 e. The van der Waals surface area contributed by atoms with Crippen molar-refractivity contribution in [3.05, 3.63) is 144 Å². The number of carbonyl (C=O) groups excluding carboxylic acids is 8. The number of alkyl halides is 3. The van der Waals surface area contributed by atoms with Crippen LogP contribution in [0.2, 0.25) is 0 Å². The topological polar surface area (TPSA) is 287 Å². The van der Waals surface area contributed by atoms with Gasteiger partial charge in [0.2, 0.25) is 9.70 Å². The van der Waals surface area contributed by atoms with Gasteiger partial charge in [-0.2, -0.15) is 0 Å². The Hall–Kier alpha value is -7.74. The number of benzene rings is 4. The third kappa shape index (κ3) is 20.1. The number of nitrogens with two attached hydrogens (primary N) is 1. The molecule has 8 atom stereocenters. The third-order valence-corrected chi connectivity index (χ3v) is 15.2. The van der Waals surface area contributed by atoms with Gasteiger partial charge in [-0.05, 0) is 80.0 Å². The van der Waals surface area contributed by atoms with Gasteiger partial charge in [0.05, 0.1) is 12.7 Å². The second kappa shape index (κ2) is 33.9. The quantitative estimate of drug-likeness (QED) is 0.0230. The molecule has 24 nitrogen and oxygen atoms in total. The van der Waals surface area contributed by atoms with E-state index in [4.69, 9.17) is 69.1 Å². The zero-order chi connectivity index (χ0) is 65.8. The number of hydrazine groups is 2. The maximum absolute atomic E-state index is 16.0. The summed E-state index contributed by atoms with van der Waals surface area (Å²) < 4.78 is 26.5. The Labute approximate surface area is 538 Å². The lowest BCUT2D eigenvalue weighted by atomic mass is 9.96. The fraction of sp³-hybridized carbons (Fsp3) is 0.476. The number of likely N-dealkylation sites (N-methyl/N-ethyl adjacent to an activating group) is 1. The van der Waals surface area contributed by atoms with Gasteiger partial charge in [-0.25, -0.2) is 44.3 Å². The summed E-state index contributed by atoms with van der Waals surface area (Å²) in [5.74, 6) is -7.90. The number of rotatable bonds is 26. The van der Waals surface area contributed by atoms with E-state index in [0.29, 0.717) is 21.8 Å². The first-order valence-electron chi connectivity index (χ1n) is 29.5. The first-order chi connectivity index (χ1) is 42.8.